The zero-order valence-electron chi connectivity index (χ0n) is 10.2. The van der Waals surface area contributed by atoms with Gasteiger partial charge in [-0.05, 0) is 18.9 Å². The van der Waals surface area contributed by atoms with E-state index >= 15 is 0 Å². The molecular formula is C13H19NO3. The highest BCUT2D eigenvalue weighted by molar-refractivity contribution is 5.76. The van der Waals surface area contributed by atoms with Crippen molar-refractivity contribution in [2.24, 2.45) is 0 Å². The van der Waals surface area contributed by atoms with Crippen LogP contribution in [0.15, 0.2) is 30.3 Å². The summed E-state index contributed by atoms with van der Waals surface area (Å²) < 4.78 is 4.61. The second-order valence-electron chi connectivity index (χ2n) is 3.93. The number of carbonyl (C=O) groups excluding carboxylic acids is 1. The van der Waals surface area contributed by atoms with Crippen LogP contribution in [0.3, 0.4) is 0 Å². The first kappa shape index (κ1) is 13.7. The molecule has 4 nitrogen and oxygen atoms in total. The Balaban J connectivity index is 2.40. The Labute approximate surface area is 102 Å². The molecule has 17 heavy (non-hydrogen) atoms. The minimum atomic E-state index is -0.766. The zero-order valence-corrected chi connectivity index (χ0v) is 10.2. The molecule has 0 amide bonds. The maximum Gasteiger partial charge on any atom is 0.325 e. The van der Waals surface area contributed by atoms with Crippen molar-refractivity contribution in [3.63, 3.8) is 0 Å². The number of esters is 1. The van der Waals surface area contributed by atoms with Gasteiger partial charge in [0, 0.05) is 6.54 Å². The van der Waals surface area contributed by atoms with Crippen LogP contribution in [0.25, 0.3) is 0 Å². The number of aliphatic hydroxyl groups is 1. The summed E-state index contributed by atoms with van der Waals surface area (Å²) in [6, 6.07) is 9.30. The van der Waals surface area contributed by atoms with E-state index in [9.17, 15) is 9.90 Å². The Morgan fingerprint density at radius 3 is 2.59 bits per heavy atom. The fourth-order valence-corrected chi connectivity index (χ4v) is 1.59. The first-order valence-electron chi connectivity index (χ1n) is 5.68. The lowest BCUT2D eigenvalue weighted by Crippen LogP contribution is -2.46. The van der Waals surface area contributed by atoms with Crippen molar-refractivity contribution in [3.05, 3.63) is 35.9 Å². The molecule has 2 N–H and O–H groups in total. The molecule has 0 aliphatic rings. The summed E-state index contributed by atoms with van der Waals surface area (Å²) in [4.78, 5) is 11.4. The van der Waals surface area contributed by atoms with Crippen LogP contribution in [-0.2, 0) is 16.0 Å². The van der Waals surface area contributed by atoms with Crippen LogP contribution >= 0.6 is 0 Å². The third-order valence-electron chi connectivity index (χ3n) is 2.56. The van der Waals surface area contributed by atoms with Gasteiger partial charge in [0.25, 0.3) is 0 Å². The summed E-state index contributed by atoms with van der Waals surface area (Å²) in [5.74, 6) is -0.437. The smallest absolute Gasteiger partial charge is 0.325 e. The number of hydrogen-bond acceptors (Lipinski definition) is 4. The van der Waals surface area contributed by atoms with Crippen molar-refractivity contribution in [2.45, 2.75) is 25.5 Å². The van der Waals surface area contributed by atoms with E-state index in [1.54, 1.807) is 6.92 Å². The highest BCUT2D eigenvalue weighted by Crippen LogP contribution is 2.00. The predicted molar refractivity (Wildman–Crippen MR) is 65.6 cm³/mol. The van der Waals surface area contributed by atoms with E-state index in [1.807, 2.05) is 30.3 Å². The molecular weight excluding hydrogens is 218 g/mol. The van der Waals surface area contributed by atoms with Crippen LogP contribution in [0.5, 0.6) is 0 Å². The van der Waals surface area contributed by atoms with Gasteiger partial charge in [-0.3, -0.25) is 4.79 Å². The van der Waals surface area contributed by atoms with Crippen LogP contribution in [0.4, 0.5) is 0 Å². The maximum atomic E-state index is 11.4. The standard InChI is InChI=1S/C13H19NO3/c1-10(15)12(13(16)17-2)14-9-8-11-6-4-3-5-7-11/h3-7,10,12,14-15H,8-9H2,1-2H3/t10-,12+/m1/s1. The number of nitrogens with one attached hydrogen (secondary N) is 1. The molecule has 4 heteroatoms. The van der Waals surface area contributed by atoms with Gasteiger partial charge in [-0.1, -0.05) is 30.3 Å². The lowest BCUT2D eigenvalue weighted by atomic mass is 10.1. The van der Waals surface area contributed by atoms with Crippen molar-refractivity contribution in [1.29, 1.82) is 0 Å². The molecule has 94 valence electrons. The van der Waals surface area contributed by atoms with E-state index in [2.05, 4.69) is 10.1 Å². The molecule has 1 aromatic rings. The second-order valence-corrected chi connectivity index (χ2v) is 3.93. The zero-order chi connectivity index (χ0) is 12.7. The molecule has 1 rings (SSSR count). The predicted octanol–water partition coefficient (Wildman–Crippen LogP) is 0.741. The lowest BCUT2D eigenvalue weighted by Gasteiger charge is -2.18. The summed E-state index contributed by atoms with van der Waals surface area (Å²) >= 11 is 0. The van der Waals surface area contributed by atoms with E-state index in [-0.39, 0.29) is 0 Å². The molecule has 0 heterocycles. The van der Waals surface area contributed by atoms with Crippen LogP contribution in [0, 0.1) is 0 Å². The van der Waals surface area contributed by atoms with Gasteiger partial charge < -0.3 is 15.2 Å². The van der Waals surface area contributed by atoms with Crippen molar-refractivity contribution in [1.82, 2.24) is 5.32 Å². The van der Waals surface area contributed by atoms with Gasteiger partial charge in [-0.2, -0.15) is 0 Å². The summed E-state index contributed by atoms with van der Waals surface area (Å²) in [5.41, 5.74) is 1.19. The summed E-state index contributed by atoms with van der Waals surface area (Å²) in [5, 5.41) is 12.4. The van der Waals surface area contributed by atoms with Gasteiger partial charge in [0.15, 0.2) is 0 Å². The Bertz CT molecular complexity index is 338. The van der Waals surface area contributed by atoms with Gasteiger partial charge in [-0.15, -0.1) is 0 Å². The highest BCUT2D eigenvalue weighted by atomic mass is 16.5. The van der Waals surface area contributed by atoms with E-state index < -0.39 is 18.1 Å². The molecule has 0 aliphatic carbocycles. The third kappa shape index (κ3) is 4.54. The third-order valence-corrected chi connectivity index (χ3v) is 2.56. The molecule has 0 radical (unpaired) electrons. The van der Waals surface area contributed by atoms with E-state index in [1.165, 1.54) is 12.7 Å². The van der Waals surface area contributed by atoms with Crippen molar-refractivity contribution < 1.29 is 14.6 Å². The summed E-state index contributed by atoms with van der Waals surface area (Å²) in [7, 11) is 1.32. The van der Waals surface area contributed by atoms with E-state index in [0.29, 0.717) is 6.54 Å². The second kappa shape index (κ2) is 7.04. The molecule has 0 aromatic heterocycles. The van der Waals surface area contributed by atoms with Crippen LogP contribution in [0.2, 0.25) is 0 Å². The number of hydrogen-bond donors (Lipinski definition) is 2. The number of carbonyl (C=O) groups is 1. The minimum absolute atomic E-state index is 0.437. The normalized spacial score (nSPS) is 14.1. The Kier molecular flexibility index (Phi) is 5.66. The van der Waals surface area contributed by atoms with Crippen molar-refractivity contribution in [3.8, 4) is 0 Å². The average Bonchev–Trinajstić information content (AvgIpc) is 2.34. The molecule has 0 unspecified atom stereocenters. The first-order chi connectivity index (χ1) is 8.15. The summed E-state index contributed by atoms with van der Waals surface area (Å²) in [6.45, 7) is 2.19. The molecule has 0 saturated heterocycles. The Hall–Kier alpha value is -1.39. The van der Waals surface area contributed by atoms with Crippen molar-refractivity contribution in [2.75, 3.05) is 13.7 Å². The fourth-order valence-electron chi connectivity index (χ4n) is 1.59. The first-order valence-corrected chi connectivity index (χ1v) is 5.68. The molecule has 0 fully saturated rings. The molecule has 2 atom stereocenters. The van der Waals surface area contributed by atoms with Gasteiger partial charge in [0.2, 0.25) is 0 Å². The van der Waals surface area contributed by atoms with Crippen LogP contribution in [-0.4, -0.2) is 36.9 Å². The van der Waals surface area contributed by atoms with E-state index in [4.69, 9.17) is 0 Å². The topological polar surface area (TPSA) is 58.6 Å². The molecule has 1 aromatic carbocycles. The number of rotatable bonds is 6. The van der Waals surface area contributed by atoms with E-state index in [0.717, 1.165) is 6.42 Å². The SMILES string of the molecule is COC(=O)[C@@H](NCCc1ccccc1)[C@@H](C)O. The monoisotopic (exact) mass is 237 g/mol. The van der Waals surface area contributed by atoms with Crippen molar-refractivity contribution >= 4 is 5.97 Å². The Morgan fingerprint density at radius 1 is 1.41 bits per heavy atom. The largest absolute Gasteiger partial charge is 0.468 e. The molecule has 0 aliphatic heterocycles. The quantitative estimate of drug-likeness (QED) is 0.717. The number of aliphatic hydroxyl groups excluding tert-OH is 1. The Morgan fingerprint density at radius 2 is 2.06 bits per heavy atom. The molecule has 0 bridgehead atoms. The fraction of sp³-hybridized carbons (Fsp3) is 0.462. The molecule has 0 saturated carbocycles. The maximum absolute atomic E-state index is 11.4. The average molecular weight is 237 g/mol. The summed E-state index contributed by atoms with van der Waals surface area (Å²) in [6.07, 6.45) is 0.0411. The van der Waals surface area contributed by atoms with Gasteiger partial charge in [0.05, 0.1) is 13.2 Å². The number of ether oxygens (including phenoxy) is 1. The van der Waals surface area contributed by atoms with Gasteiger partial charge >= 0.3 is 5.97 Å². The number of benzene rings is 1. The van der Waals surface area contributed by atoms with Gasteiger partial charge in [-0.25, -0.2) is 0 Å². The van der Waals surface area contributed by atoms with Crippen LogP contribution < -0.4 is 5.32 Å². The minimum Gasteiger partial charge on any atom is -0.468 e. The molecule has 0 spiro atoms. The highest BCUT2D eigenvalue weighted by Gasteiger charge is 2.23. The van der Waals surface area contributed by atoms with Gasteiger partial charge in [0.1, 0.15) is 6.04 Å². The number of methoxy groups -OCH3 is 1. The lowest BCUT2D eigenvalue weighted by molar-refractivity contribution is -0.145. The van der Waals surface area contributed by atoms with Crippen LogP contribution in [0.1, 0.15) is 12.5 Å².